The third-order valence-corrected chi connectivity index (χ3v) is 13.8. The van der Waals surface area contributed by atoms with Crippen LogP contribution in [0.3, 0.4) is 0 Å². The molecule has 9 aromatic rings. The van der Waals surface area contributed by atoms with E-state index in [9.17, 15) is 5.11 Å². The summed E-state index contributed by atoms with van der Waals surface area (Å²) >= 11 is 16.0. The summed E-state index contributed by atoms with van der Waals surface area (Å²) in [5.41, 5.74) is 19.6. The minimum absolute atomic E-state index is 0. The zero-order valence-electron chi connectivity index (χ0n) is 40.4. The molecule has 2 nitrogen and oxygen atoms in total. The van der Waals surface area contributed by atoms with Crippen molar-refractivity contribution >= 4 is 60.9 Å². The van der Waals surface area contributed by atoms with Gasteiger partial charge >= 0.3 is 29.6 Å². The van der Waals surface area contributed by atoms with E-state index in [0.29, 0.717) is 0 Å². The molecule has 334 valence electrons. The van der Waals surface area contributed by atoms with E-state index in [-0.39, 0.29) is 40.4 Å². The Morgan fingerprint density at radius 3 is 1.57 bits per heavy atom. The minimum Gasteiger partial charge on any atom is -0.850 e. The Balaban J connectivity index is 0.000000156. The largest absolute Gasteiger partial charge is 1.00 e. The second kappa shape index (κ2) is 20.3. The number of halogens is 3. The van der Waals surface area contributed by atoms with Crippen molar-refractivity contribution in [3.05, 3.63) is 218 Å². The molecule has 3 aliphatic carbocycles. The van der Waals surface area contributed by atoms with Crippen LogP contribution in [0.2, 0.25) is 10.0 Å². The number of rotatable bonds is 1. The van der Waals surface area contributed by atoms with Gasteiger partial charge in [-0.25, -0.2) is 0 Å². The Morgan fingerprint density at radius 1 is 0.522 bits per heavy atom. The van der Waals surface area contributed by atoms with Gasteiger partial charge in [-0.3, -0.25) is 0 Å². The fourth-order valence-electron chi connectivity index (χ4n) is 9.99. The van der Waals surface area contributed by atoms with Gasteiger partial charge in [-0.2, -0.15) is 0 Å². The van der Waals surface area contributed by atoms with Gasteiger partial charge in [0, 0.05) is 47.4 Å². The summed E-state index contributed by atoms with van der Waals surface area (Å²) in [4.78, 5) is 0. The number of fused-ring (bicyclic) bond motifs is 14. The number of hydrogen-bond acceptors (Lipinski definition) is 1. The zero-order valence-corrected chi connectivity index (χ0v) is 45.5. The molecular weight excluding hydrogens is 936 g/mol. The van der Waals surface area contributed by atoms with E-state index < -0.39 is 5.60 Å². The van der Waals surface area contributed by atoms with Crippen LogP contribution in [0.4, 0.5) is 0 Å². The molecule has 0 atom stereocenters. The molecule has 1 heterocycles. The maximum atomic E-state index is 10.1. The van der Waals surface area contributed by atoms with Crippen LogP contribution in [0.1, 0.15) is 95.7 Å². The van der Waals surface area contributed by atoms with Gasteiger partial charge < -0.3 is 9.67 Å². The van der Waals surface area contributed by atoms with Crippen LogP contribution in [0.25, 0.3) is 60.9 Å². The number of hydrogen-bond donors (Lipinski definition) is 0. The van der Waals surface area contributed by atoms with Crippen LogP contribution in [-0.4, -0.2) is 10.2 Å². The first-order valence-corrected chi connectivity index (χ1v) is 24.5. The van der Waals surface area contributed by atoms with E-state index in [4.69, 9.17) is 23.2 Å². The second-order valence-electron chi connectivity index (χ2n) is 19.0. The fourth-order valence-corrected chi connectivity index (χ4v) is 10.7. The summed E-state index contributed by atoms with van der Waals surface area (Å²) in [5.74, 6) is 0. The molecule has 0 aliphatic heterocycles. The van der Waals surface area contributed by atoms with Crippen molar-refractivity contribution < 1.29 is 34.7 Å². The molecule has 0 radical (unpaired) electrons. The number of para-hydroxylation sites is 1. The maximum Gasteiger partial charge on any atom is 1.00 e. The summed E-state index contributed by atoms with van der Waals surface area (Å²) in [7, 11) is 0. The Bertz CT molecular complexity index is 3210. The van der Waals surface area contributed by atoms with Gasteiger partial charge in [-0.05, 0) is 116 Å². The molecule has 67 heavy (non-hydrogen) atoms. The van der Waals surface area contributed by atoms with Crippen molar-refractivity contribution in [3.8, 4) is 39.1 Å². The third kappa shape index (κ3) is 9.77. The first kappa shape index (κ1) is 50.5. The molecular formula is C61H57BrCl2NNaO. The number of nitrogens with zero attached hydrogens (tertiary/aromatic N) is 1. The van der Waals surface area contributed by atoms with Crippen molar-refractivity contribution in [2.75, 3.05) is 0 Å². The van der Waals surface area contributed by atoms with E-state index in [2.05, 4.69) is 176 Å². The van der Waals surface area contributed by atoms with E-state index in [1.54, 1.807) is 20.8 Å². The Hall–Kier alpha value is -4.42. The summed E-state index contributed by atoms with van der Waals surface area (Å²) < 4.78 is 3.52. The average molecular weight is 994 g/mol. The molecule has 0 N–H and O–H groups in total. The van der Waals surface area contributed by atoms with Gasteiger partial charge in [0.25, 0.3) is 0 Å². The normalized spacial score (nSPS) is 13.5. The first-order valence-electron chi connectivity index (χ1n) is 22.9. The number of aromatic nitrogens is 1. The zero-order chi connectivity index (χ0) is 47.1. The monoisotopic (exact) mass is 991 g/mol. The van der Waals surface area contributed by atoms with Crippen LogP contribution in [0.15, 0.2) is 174 Å². The molecule has 0 saturated heterocycles. The number of benzene rings is 8. The molecule has 8 aromatic carbocycles. The van der Waals surface area contributed by atoms with Gasteiger partial charge in [-0.15, -0.1) is 5.60 Å². The smallest absolute Gasteiger partial charge is 0.850 e. The Morgan fingerprint density at radius 2 is 0.985 bits per heavy atom. The molecule has 3 aliphatic rings. The predicted octanol–water partition coefficient (Wildman–Crippen LogP) is 14.6. The van der Waals surface area contributed by atoms with Gasteiger partial charge in [0.15, 0.2) is 0 Å². The fraction of sp³-hybridized carbons (Fsp3) is 0.213. The van der Waals surface area contributed by atoms with Crippen molar-refractivity contribution in [1.82, 2.24) is 4.57 Å². The molecule has 0 spiro atoms. The van der Waals surface area contributed by atoms with Gasteiger partial charge in [0.1, 0.15) is 0 Å². The summed E-state index contributed by atoms with van der Waals surface area (Å²) in [5, 5.41) is 14.2. The van der Waals surface area contributed by atoms with Crippen LogP contribution in [0.5, 0.6) is 0 Å². The Labute approximate surface area is 438 Å². The van der Waals surface area contributed by atoms with Crippen LogP contribution < -0.4 is 34.7 Å². The topological polar surface area (TPSA) is 28.0 Å². The average Bonchev–Trinajstić information content (AvgIpc) is 3.97. The van der Waals surface area contributed by atoms with Crippen molar-refractivity contribution in [2.45, 2.75) is 85.2 Å². The first-order chi connectivity index (χ1) is 31.5. The van der Waals surface area contributed by atoms with Crippen molar-refractivity contribution in [2.24, 2.45) is 0 Å². The molecule has 0 unspecified atom stereocenters. The van der Waals surface area contributed by atoms with Crippen LogP contribution in [0, 0.1) is 0 Å². The standard InChI is InChI=1S/C27H20ClN.C22H17Cl.C6H5Br.C4H9O.C2H6.Na/c1-27(2)22-11-7-6-10-21(22)25-23(27)15-14-20-19-13-12-17(28)16-24(19)29(26(20)25)18-8-4-3-5-9-18;1-22(2)19-6-4-3-5-17(19)21-18-12-13-11-14(23)7-8-15(13)16(18)9-10-20(21)22;7-6-4-2-1-3-5-6;1-4(2,3)5;1-2;/h3-16H,1-2H3;3-11H,12H2,1-2H3;1-5H;1-3H3;1-2H3;/q;;;-1;;+1. The molecule has 0 amide bonds. The predicted molar refractivity (Wildman–Crippen MR) is 286 cm³/mol. The van der Waals surface area contributed by atoms with Gasteiger partial charge in [0.2, 0.25) is 0 Å². The van der Waals surface area contributed by atoms with E-state index in [1.165, 1.54) is 83.1 Å². The SMILES string of the molecule is Brc1ccccc1.CC.CC(C)(C)[O-].CC1(C)c2ccccc2-c2c1ccc1c2Cc2cc(Cl)ccc2-1.CC1(C)c2ccccc2-c2c1ccc1c3ccc(Cl)cc3n(-c3ccccc3)c21.[Na+]. The molecule has 12 rings (SSSR count). The minimum atomic E-state index is -0.750. The maximum absolute atomic E-state index is 10.1. The van der Waals surface area contributed by atoms with Gasteiger partial charge in [0.05, 0.1) is 11.0 Å². The molecule has 1 aromatic heterocycles. The quantitative estimate of drug-likeness (QED) is 0.151. The van der Waals surface area contributed by atoms with Crippen molar-refractivity contribution in [1.29, 1.82) is 0 Å². The van der Waals surface area contributed by atoms with Crippen LogP contribution >= 0.6 is 39.1 Å². The van der Waals surface area contributed by atoms with Gasteiger partial charge in [-0.1, -0.05) is 223 Å². The van der Waals surface area contributed by atoms with E-state index >= 15 is 0 Å². The molecule has 6 heteroatoms. The molecule has 0 saturated carbocycles. The van der Waals surface area contributed by atoms with E-state index in [0.717, 1.165) is 32.1 Å². The summed E-state index contributed by atoms with van der Waals surface area (Å²) in [6, 6.07) is 60.0. The van der Waals surface area contributed by atoms with Crippen molar-refractivity contribution in [3.63, 3.8) is 0 Å². The third-order valence-electron chi connectivity index (χ3n) is 12.8. The summed E-state index contributed by atoms with van der Waals surface area (Å²) in [6.45, 7) is 18.2. The van der Waals surface area contributed by atoms with Crippen LogP contribution in [-0.2, 0) is 17.3 Å². The summed E-state index contributed by atoms with van der Waals surface area (Å²) in [6.07, 6.45) is 0.985. The molecule has 0 bridgehead atoms. The van der Waals surface area contributed by atoms with E-state index in [1.807, 2.05) is 56.3 Å². The Kier molecular flexibility index (Phi) is 15.3. The molecule has 0 fully saturated rings. The second-order valence-corrected chi connectivity index (χ2v) is 20.7.